The lowest BCUT2D eigenvalue weighted by atomic mass is 10.2. The summed E-state index contributed by atoms with van der Waals surface area (Å²) in [5.41, 5.74) is -0.192. The number of ether oxygens (including phenoxy) is 2. The van der Waals surface area contributed by atoms with Crippen LogP contribution in [0, 0.1) is 0 Å². The average molecular weight is 432 g/mol. The van der Waals surface area contributed by atoms with E-state index in [0.29, 0.717) is 38.1 Å². The Labute approximate surface area is 174 Å². The number of nitrogens with one attached hydrogen (secondary N) is 1. The quantitative estimate of drug-likeness (QED) is 0.637. The minimum absolute atomic E-state index is 0.0368. The maximum absolute atomic E-state index is 13.5. The molecule has 0 aliphatic carbocycles. The van der Waals surface area contributed by atoms with Crippen LogP contribution in [0.5, 0.6) is 0 Å². The predicted octanol–water partition coefficient (Wildman–Crippen LogP) is 2.88. The van der Waals surface area contributed by atoms with Crippen LogP contribution in [0.25, 0.3) is 5.65 Å². The van der Waals surface area contributed by atoms with Crippen LogP contribution >= 0.6 is 0 Å². The first-order chi connectivity index (χ1) is 14.7. The van der Waals surface area contributed by atoms with Crippen molar-refractivity contribution in [3.8, 4) is 0 Å². The van der Waals surface area contributed by atoms with Crippen LogP contribution < -0.4 is 5.32 Å². The molecule has 0 aromatic carbocycles. The number of rotatable bonds is 5. The first kappa shape index (κ1) is 20.8. The smallest absolute Gasteiger partial charge is 0.338 e. The molecule has 3 aromatic rings. The van der Waals surface area contributed by atoms with Crippen molar-refractivity contribution in [2.24, 2.45) is 0 Å². The van der Waals surface area contributed by atoms with Crippen molar-refractivity contribution in [1.29, 1.82) is 0 Å². The van der Waals surface area contributed by atoms with Crippen LogP contribution in [-0.4, -0.2) is 51.2 Å². The molecule has 4 heterocycles. The Morgan fingerprint density at radius 3 is 2.74 bits per heavy atom. The molecule has 162 valence electrons. The number of carboxylic acids is 1. The van der Waals surface area contributed by atoms with E-state index in [1.165, 1.54) is 24.4 Å². The number of aromatic nitrogens is 3. The fourth-order valence-electron chi connectivity index (χ4n) is 3.14. The summed E-state index contributed by atoms with van der Waals surface area (Å²) in [4.78, 5) is 32.4. The molecule has 0 spiro atoms. The molecule has 1 aliphatic heterocycles. The molecule has 1 aliphatic rings. The van der Waals surface area contributed by atoms with E-state index in [4.69, 9.17) is 9.47 Å². The van der Waals surface area contributed by atoms with E-state index in [-0.39, 0.29) is 23.0 Å². The summed E-state index contributed by atoms with van der Waals surface area (Å²) in [7, 11) is 0. The first-order valence-corrected chi connectivity index (χ1v) is 9.34. The topological polar surface area (TPSA) is 115 Å². The monoisotopic (exact) mass is 432 g/mol. The molecule has 31 heavy (non-hydrogen) atoms. The second kappa shape index (κ2) is 8.00. The SMILES string of the molecule is CC(F)(F)c1cccc(C(=O)Nc2cn3cc(C4COCCO4)nc3cc2C(=O)O)n1. The lowest BCUT2D eigenvalue weighted by Crippen LogP contribution is -2.22. The maximum atomic E-state index is 13.5. The number of fused-ring (bicyclic) bond motifs is 1. The standard InChI is InChI=1S/C20H18F2N4O5/c1-20(21,22)16-4-2-3-12(23-16)18(27)25-13-8-26-9-14(15-10-30-5-6-31-15)24-17(26)7-11(13)19(28)29/h2-4,7-9,15H,5-6,10H2,1H3,(H,25,27)(H,28,29). The number of carbonyl (C=O) groups is 2. The number of carbonyl (C=O) groups excluding carboxylic acids is 1. The molecule has 0 bridgehead atoms. The Hall–Kier alpha value is -3.44. The van der Waals surface area contributed by atoms with E-state index in [1.807, 2.05) is 0 Å². The Kier molecular flexibility index (Phi) is 5.38. The minimum atomic E-state index is -3.22. The molecule has 1 amide bonds. The number of halogens is 2. The molecule has 1 unspecified atom stereocenters. The van der Waals surface area contributed by atoms with Gasteiger partial charge in [-0.1, -0.05) is 6.07 Å². The molecular weight excluding hydrogens is 414 g/mol. The Morgan fingerprint density at radius 2 is 2.06 bits per heavy atom. The number of anilines is 1. The van der Waals surface area contributed by atoms with Gasteiger partial charge in [0.05, 0.1) is 36.8 Å². The van der Waals surface area contributed by atoms with Crippen LogP contribution in [-0.2, 0) is 15.4 Å². The molecule has 3 aromatic heterocycles. The van der Waals surface area contributed by atoms with Crippen LogP contribution in [0.15, 0.2) is 36.7 Å². The molecule has 0 radical (unpaired) electrons. The fourth-order valence-corrected chi connectivity index (χ4v) is 3.14. The normalized spacial score (nSPS) is 16.9. The predicted molar refractivity (Wildman–Crippen MR) is 103 cm³/mol. The van der Waals surface area contributed by atoms with Crippen molar-refractivity contribution in [3.63, 3.8) is 0 Å². The molecule has 11 heteroatoms. The minimum Gasteiger partial charge on any atom is -0.478 e. The number of nitrogens with zero attached hydrogens (tertiary/aromatic N) is 3. The van der Waals surface area contributed by atoms with Crippen LogP contribution in [0.3, 0.4) is 0 Å². The largest absolute Gasteiger partial charge is 0.478 e. The van der Waals surface area contributed by atoms with Crippen molar-refractivity contribution in [2.75, 3.05) is 25.1 Å². The van der Waals surface area contributed by atoms with E-state index in [2.05, 4.69) is 15.3 Å². The third-order valence-corrected chi connectivity index (χ3v) is 4.67. The van der Waals surface area contributed by atoms with E-state index >= 15 is 0 Å². The molecule has 4 rings (SSSR count). The summed E-state index contributed by atoms with van der Waals surface area (Å²) in [6.07, 6.45) is 2.64. The molecular formula is C20H18F2N4O5. The second-order valence-corrected chi connectivity index (χ2v) is 7.02. The zero-order valence-corrected chi connectivity index (χ0v) is 16.3. The highest BCUT2D eigenvalue weighted by molar-refractivity contribution is 6.07. The summed E-state index contributed by atoms with van der Waals surface area (Å²) in [6, 6.07) is 4.95. The summed E-state index contributed by atoms with van der Waals surface area (Å²) in [5.74, 6) is -5.33. The second-order valence-electron chi connectivity index (χ2n) is 7.02. The number of amides is 1. The van der Waals surface area contributed by atoms with Crippen LogP contribution in [0.4, 0.5) is 14.5 Å². The van der Waals surface area contributed by atoms with Gasteiger partial charge in [-0.15, -0.1) is 0 Å². The number of alkyl halides is 2. The molecule has 1 saturated heterocycles. The highest BCUT2D eigenvalue weighted by atomic mass is 19.3. The first-order valence-electron chi connectivity index (χ1n) is 9.34. The Balaban J connectivity index is 1.66. The van der Waals surface area contributed by atoms with Gasteiger partial charge in [0.1, 0.15) is 23.1 Å². The summed E-state index contributed by atoms with van der Waals surface area (Å²) < 4.78 is 39.6. The maximum Gasteiger partial charge on any atom is 0.338 e. The van der Waals surface area contributed by atoms with Crippen molar-refractivity contribution in [2.45, 2.75) is 19.0 Å². The van der Waals surface area contributed by atoms with Gasteiger partial charge in [-0.25, -0.2) is 14.8 Å². The third kappa shape index (κ3) is 4.37. The van der Waals surface area contributed by atoms with E-state index in [9.17, 15) is 23.5 Å². The molecule has 0 saturated carbocycles. The summed E-state index contributed by atoms with van der Waals surface area (Å²) >= 11 is 0. The van der Waals surface area contributed by atoms with Gasteiger partial charge < -0.3 is 24.3 Å². The number of carboxylic acid groups (broad SMARTS) is 1. The number of imidazole rings is 1. The highest BCUT2D eigenvalue weighted by Gasteiger charge is 2.27. The van der Waals surface area contributed by atoms with Crippen LogP contribution in [0.1, 0.15) is 45.3 Å². The highest BCUT2D eigenvalue weighted by Crippen LogP contribution is 2.26. The number of hydrogen-bond donors (Lipinski definition) is 2. The third-order valence-electron chi connectivity index (χ3n) is 4.67. The molecule has 1 fully saturated rings. The number of aromatic carboxylic acids is 1. The molecule has 2 N–H and O–H groups in total. The van der Waals surface area contributed by atoms with Crippen molar-refractivity contribution in [3.05, 3.63) is 59.3 Å². The lowest BCUT2D eigenvalue weighted by molar-refractivity contribution is -0.0916. The molecule has 1 atom stereocenters. The summed E-state index contributed by atoms with van der Waals surface area (Å²) in [6.45, 7) is 1.90. The van der Waals surface area contributed by atoms with Gasteiger partial charge >= 0.3 is 5.97 Å². The van der Waals surface area contributed by atoms with E-state index in [0.717, 1.165) is 6.07 Å². The van der Waals surface area contributed by atoms with Gasteiger partial charge in [0.15, 0.2) is 0 Å². The Bertz CT molecular complexity index is 1150. The van der Waals surface area contributed by atoms with Crippen molar-refractivity contribution < 1.29 is 33.0 Å². The summed E-state index contributed by atoms with van der Waals surface area (Å²) in [5, 5.41) is 12.0. The van der Waals surface area contributed by atoms with Gasteiger partial charge in [-0.2, -0.15) is 8.78 Å². The lowest BCUT2D eigenvalue weighted by Gasteiger charge is -2.20. The van der Waals surface area contributed by atoms with Crippen LogP contribution in [0.2, 0.25) is 0 Å². The fraction of sp³-hybridized carbons (Fsp3) is 0.300. The molecule has 9 nitrogen and oxygen atoms in total. The van der Waals surface area contributed by atoms with Gasteiger partial charge in [0, 0.05) is 19.3 Å². The zero-order valence-electron chi connectivity index (χ0n) is 16.3. The van der Waals surface area contributed by atoms with Gasteiger partial charge in [0.25, 0.3) is 11.8 Å². The van der Waals surface area contributed by atoms with Gasteiger partial charge in [-0.3, -0.25) is 4.79 Å². The zero-order chi connectivity index (χ0) is 22.2. The van der Waals surface area contributed by atoms with Gasteiger partial charge in [-0.05, 0) is 18.2 Å². The number of hydrogen-bond acceptors (Lipinski definition) is 6. The number of pyridine rings is 2. The average Bonchev–Trinajstić information content (AvgIpc) is 3.16. The van der Waals surface area contributed by atoms with Crippen molar-refractivity contribution >= 4 is 23.2 Å². The Morgan fingerprint density at radius 1 is 1.26 bits per heavy atom. The van der Waals surface area contributed by atoms with E-state index in [1.54, 1.807) is 10.6 Å². The van der Waals surface area contributed by atoms with E-state index < -0.39 is 23.5 Å². The van der Waals surface area contributed by atoms with Crippen molar-refractivity contribution in [1.82, 2.24) is 14.4 Å². The van der Waals surface area contributed by atoms with Gasteiger partial charge in [0.2, 0.25) is 0 Å².